The third kappa shape index (κ3) is 8.14. The number of halogens is 1. The fourth-order valence-corrected chi connectivity index (χ4v) is 5.71. The first-order valence-corrected chi connectivity index (χ1v) is 14.9. The van der Waals surface area contributed by atoms with Gasteiger partial charge in [-0.3, -0.25) is 13.9 Å². The number of amides is 2. The number of nitrogens with zero attached hydrogens (tertiary/aromatic N) is 2. The second kappa shape index (κ2) is 14.1. The lowest BCUT2D eigenvalue weighted by molar-refractivity contribution is -0.139. The van der Waals surface area contributed by atoms with Gasteiger partial charge in [0.25, 0.3) is 10.0 Å². The highest BCUT2D eigenvalue weighted by atomic mass is 32.2. The third-order valence-electron chi connectivity index (χ3n) is 6.56. The summed E-state index contributed by atoms with van der Waals surface area (Å²) in [5, 5.41) is 2.91. The standard InChI is InChI=1S/C31H38FN3O4S/c1-5-29(31(37)33-21-23(2)3)34(20-19-25-9-7-6-8-10-25)30(36)22-35(27-15-13-26(32)14-16-27)40(38,39)28-17-11-24(4)12-18-28/h6-18,23,29H,5,19-22H2,1-4H3,(H,33,37)/t29-/m0/s1. The first kappa shape index (κ1) is 30.8. The maximum atomic E-state index is 14.0. The zero-order chi connectivity index (χ0) is 29.3. The number of rotatable bonds is 13. The highest BCUT2D eigenvalue weighted by Gasteiger charge is 2.33. The second-order valence-corrected chi connectivity index (χ2v) is 12.0. The Morgan fingerprint density at radius 2 is 1.55 bits per heavy atom. The van der Waals surface area contributed by atoms with Gasteiger partial charge in [-0.05, 0) is 67.6 Å². The molecule has 3 rings (SSSR count). The fourth-order valence-electron chi connectivity index (χ4n) is 4.29. The quantitative estimate of drug-likeness (QED) is 0.317. The van der Waals surface area contributed by atoms with Crippen LogP contribution in [0.15, 0.2) is 83.8 Å². The number of carbonyl (C=O) groups excluding carboxylic acids is 2. The van der Waals surface area contributed by atoms with Gasteiger partial charge in [0, 0.05) is 13.1 Å². The van der Waals surface area contributed by atoms with Gasteiger partial charge in [0.15, 0.2) is 0 Å². The van der Waals surface area contributed by atoms with Crippen LogP contribution in [0.3, 0.4) is 0 Å². The summed E-state index contributed by atoms with van der Waals surface area (Å²) in [5.74, 6) is -1.11. The molecule has 3 aromatic carbocycles. The lowest BCUT2D eigenvalue weighted by Gasteiger charge is -2.33. The van der Waals surface area contributed by atoms with Crippen LogP contribution in [0, 0.1) is 18.7 Å². The van der Waals surface area contributed by atoms with Crippen molar-refractivity contribution in [1.29, 1.82) is 0 Å². The Bertz CT molecular complexity index is 1360. The van der Waals surface area contributed by atoms with Crippen molar-refractivity contribution >= 4 is 27.5 Å². The first-order chi connectivity index (χ1) is 19.0. The minimum Gasteiger partial charge on any atom is -0.354 e. The minimum absolute atomic E-state index is 0.00720. The molecule has 2 amide bonds. The molecule has 0 spiro atoms. The highest BCUT2D eigenvalue weighted by molar-refractivity contribution is 7.92. The zero-order valence-corrected chi connectivity index (χ0v) is 24.3. The summed E-state index contributed by atoms with van der Waals surface area (Å²) in [5.41, 5.74) is 2.02. The smallest absolute Gasteiger partial charge is 0.264 e. The van der Waals surface area contributed by atoms with E-state index in [1.54, 1.807) is 12.1 Å². The first-order valence-electron chi connectivity index (χ1n) is 13.5. The summed E-state index contributed by atoms with van der Waals surface area (Å²) in [4.78, 5) is 28.6. The average molecular weight is 568 g/mol. The summed E-state index contributed by atoms with van der Waals surface area (Å²) in [7, 11) is -4.19. The molecule has 0 aromatic heterocycles. The van der Waals surface area contributed by atoms with E-state index in [0.717, 1.165) is 27.6 Å². The van der Waals surface area contributed by atoms with E-state index in [1.807, 2.05) is 58.0 Å². The molecule has 40 heavy (non-hydrogen) atoms. The molecule has 1 atom stereocenters. The number of hydrogen-bond acceptors (Lipinski definition) is 4. The predicted molar refractivity (Wildman–Crippen MR) is 156 cm³/mol. The molecule has 0 aliphatic carbocycles. The van der Waals surface area contributed by atoms with Crippen molar-refractivity contribution in [3.63, 3.8) is 0 Å². The molecule has 0 fully saturated rings. The SMILES string of the molecule is CC[C@@H](C(=O)NCC(C)C)N(CCc1ccccc1)C(=O)CN(c1ccc(F)cc1)S(=O)(=O)c1ccc(C)cc1. The molecule has 9 heteroatoms. The fraction of sp³-hybridized carbons (Fsp3) is 0.355. The van der Waals surface area contributed by atoms with Crippen LogP contribution in [-0.2, 0) is 26.0 Å². The van der Waals surface area contributed by atoms with Gasteiger partial charge < -0.3 is 10.2 Å². The molecular formula is C31H38FN3O4S. The number of benzene rings is 3. The average Bonchev–Trinajstić information content (AvgIpc) is 2.93. The molecule has 0 heterocycles. The van der Waals surface area contributed by atoms with E-state index >= 15 is 0 Å². The molecule has 0 aliphatic heterocycles. The molecule has 0 bridgehead atoms. The Hall–Kier alpha value is -3.72. The molecule has 3 aromatic rings. The largest absolute Gasteiger partial charge is 0.354 e. The van der Waals surface area contributed by atoms with E-state index in [-0.39, 0.29) is 29.0 Å². The van der Waals surface area contributed by atoms with Gasteiger partial charge in [0.2, 0.25) is 11.8 Å². The summed E-state index contributed by atoms with van der Waals surface area (Å²) in [6.45, 7) is 7.76. The van der Waals surface area contributed by atoms with Gasteiger partial charge in [0.05, 0.1) is 10.6 Å². The van der Waals surface area contributed by atoms with E-state index in [9.17, 15) is 22.4 Å². The van der Waals surface area contributed by atoms with E-state index < -0.39 is 34.3 Å². The van der Waals surface area contributed by atoms with Crippen molar-refractivity contribution in [2.24, 2.45) is 5.92 Å². The number of hydrogen-bond donors (Lipinski definition) is 1. The Morgan fingerprint density at radius 3 is 2.12 bits per heavy atom. The van der Waals surface area contributed by atoms with Gasteiger partial charge in [-0.15, -0.1) is 0 Å². The monoisotopic (exact) mass is 567 g/mol. The summed E-state index contributed by atoms with van der Waals surface area (Å²) in [6.07, 6.45) is 0.841. The second-order valence-electron chi connectivity index (χ2n) is 10.2. The van der Waals surface area contributed by atoms with Crippen molar-refractivity contribution in [1.82, 2.24) is 10.2 Å². The van der Waals surface area contributed by atoms with Crippen LogP contribution >= 0.6 is 0 Å². The van der Waals surface area contributed by atoms with Gasteiger partial charge in [-0.25, -0.2) is 12.8 Å². The van der Waals surface area contributed by atoms with Crippen LogP contribution in [0.5, 0.6) is 0 Å². The van der Waals surface area contributed by atoms with Crippen LogP contribution in [0.4, 0.5) is 10.1 Å². The number of carbonyl (C=O) groups is 2. The molecule has 7 nitrogen and oxygen atoms in total. The minimum atomic E-state index is -4.19. The summed E-state index contributed by atoms with van der Waals surface area (Å²) >= 11 is 0. The Balaban J connectivity index is 1.99. The molecular weight excluding hydrogens is 529 g/mol. The number of aryl methyl sites for hydroxylation is 1. The molecule has 214 valence electrons. The van der Waals surface area contributed by atoms with E-state index in [0.29, 0.717) is 19.4 Å². The molecule has 0 radical (unpaired) electrons. The summed E-state index contributed by atoms with van der Waals surface area (Å²) < 4.78 is 42.3. The van der Waals surface area contributed by atoms with Gasteiger partial charge in [-0.1, -0.05) is 68.8 Å². The van der Waals surface area contributed by atoms with Crippen LogP contribution in [0.1, 0.15) is 38.3 Å². The van der Waals surface area contributed by atoms with Crippen LogP contribution in [-0.4, -0.2) is 50.8 Å². The number of anilines is 1. The van der Waals surface area contributed by atoms with Crippen molar-refractivity contribution in [2.75, 3.05) is 23.9 Å². The van der Waals surface area contributed by atoms with Gasteiger partial charge in [0.1, 0.15) is 18.4 Å². The molecule has 0 saturated carbocycles. The number of nitrogens with one attached hydrogen (secondary N) is 1. The van der Waals surface area contributed by atoms with Crippen LogP contribution in [0.2, 0.25) is 0 Å². The summed E-state index contributed by atoms with van der Waals surface area (Å²) in [6, 6.07) is 20.1. The maximum absolute atomic E-state index is 14.0. The van der Waals surface area contributed by atoms with Crippen molar-refractivity contribution in [2.45, 2.75) is 51.5 Å². The Morgan fingerprint density at radius 1 is 0.925 bits per heavy atom. The topological polar surface area (TPSA) is 86.8 Å². The molecule has 0 unspecified atom stereocenters. The van der Waals surface area contributed by atoms with Crippen molar-refractivity contribution < 1.29 is 22.4 Å². The van der Waals surface area contributed by atoms with Crippen molar-refractivity contribution in [3.8, 4) is 0 Å². The van der Waals surface area contributed by atoms with E-state index in [2.05, 4.69) is 5.32 Å². The number of sulfonamides is 1. The van der Waals surface area contributed by atoms with Crippen LogP contribution < -0.4 is 9.62 Å². The third-order valence-corrected chi connectivity index (χ3v) is 8.35. The molecule has 0 saturated heterocycles. The Kier molecular flexibility index (Phi) is 10.8. The Labute approximate surface area is 237 Å². The maximum Gasteiger partial charge on any atom is 0.264 e. The van der Waals surface area contributed by atoms with Crippen LogP contribution in [0.25, 0.3) is 0 Å². The lowest BCUT2D eigenvalue weighted by atomic mass is 10.1. The molecule has 0 aliphatic rings. The van der Waals surface area contributed by atoms with E-state index in [4.69, 9.17) is 0 Å². The van der Waals surface area contributed by atoms with Gasteiger partial charge >= 0.3 is 0 Å². The highest BCUT2D eigenvalue weighted by Crippen LogP contribution is 2.25. The normalized spacial score (nSPS) is 12.2. The zero-order valence-electron chi connectivity index (χ0n) is 23.5. The predicted octanol–water partition coefficient (Wildman–Crippen LogP) is 4.95. The van der Waals surface area contributed by atoms with E-state index in [1.165, 1.54) is 29.2 Å². The lowest BCUT2D eigenvalue weighted by Crippen LogP contribution is -2.53. The van der Waals surface area contributed by atoms with Crippen molar-refractivity contribution in [3.05, 3.63) is 95.8 Å². The molecule has 1 N–H and O–H groups in total. The van der Waals surface area contributed by atoms with Gasteiger partial charge in [-0.2, -0.15) is 0 Å².